The Morgan fingerprint density at radius 1 is 1.00 bits per heavy atom. The highest BCUT2D eigenvalue weighted by Gasteiger charge is 2.29. The van der Waals surface area contributed by atoms with E-state index in [-0.39, 0.29) is 17.8 Å². The van der Waals surface area contributed by atoms with E-state index in [0.717, 1.165) is 24.8 Å². The minimum Gasteiger partial charge on any atom is -0.489 e. The largest absolute Gasteiger partial charge is 0.492 e. The molecular formula is C21H27BO5. The van der Waals surface area contributed by atoms with Gasteiger partial charge in [-0.1, -0.05) is 57.2 Å². The van der Waals surface area contributed by atoms with E-state index in [1.807, 2.05) is 51.1 Å². The molecule has 0 aliphatic heterocycles. The molecule has 5 nitrogen and oxygen atoms in total. The quantitative estimate of drug-likeness (QED) is 0.524. The van der Waals surface area contributed by atoms with Crippen LogP contribution in [0.1, 0.15) is 56.0 Å². The average Bonchev–Trinajstić information content (AvgIpc) is 2.71. The molecule has 0 unspecified atom stereocenters. The molecule has 0 saturated heterocycles. The first-order valence-corrected chi connectivity index (χ1v) is 9.34. The third-order valence-corrected chi connectivity index (χ3v) is 5.01. The Labute approximate surface area is 161 Å². The van der Waals surface area contributed by atoms with Crippen molar-refractivity contribution >= 4 is 18.6 Å². The lowest BCUT2D eigenvalue weighted by atomic mass is 9.79. The monoisotopic (exact) mass is 370 g/mol. The molecule has 0 atom stereocenters. The Balaban J connectivity index is 2.24. The van der Waals surface area contributed by atoms with Crippen molar-refractivity contribution in [1.29, 1.82) is 0 Å². The Hall–Kier alpha value is -2.31. The van der Waals surface area contributed by atoms with Gasteiger partial charge in [0.1, 0.15) is 18.0 Å². The molecule has 0 saturated carbocycles. The first-order chi connectivity index (χ1) is 12.9. The summed E-state index contributed by atoms with van der Waals surface area (Å²) in [6.07, 6.45) is 2.20. The summed E-state index contributed by atoms with van der Waals surface area (Å²) in [5.41, 5.74) is 0.973. The number of ether oxygens (including phenoxy) is 2. The maximum absolute atomic E-state index is 12.6. The second-order valence-corrected chi connectivity index (χ2v) is 6.53. The van der Waals surface area contributed by atoms with Crippen LogP contribution in [0.15, 0.2) is 48.5 Å². The molecule has 2 aromatic rings. The van der Waals surface area contributed by atoms with Gasteiger partial charge >= 0.3 is 13.1 Å². The predicted octanol–water partition coefficient (Wildman–Crippen LogP) is 3.07. The molecule has 2 rings (SSSR count). The highest BCUT2D eigenvalue weighted by atomic mass is 16.6. The number of benzene rings is 2. The highest BCUT2D eigenvalue weighted by Crippen LogP contribution is 2.26. The molecule has 0 heterocycles. The van der Waals surface area contributed by atoms with Crippen molar-refractivity contribution in [3.8, 4) is 5.75 Å². The summed E-state index contributed by atoms with van der Waals surface area (Å²) in [7, 11) is -1.69. The zero-order valence-corrected chi connectivity index (χ0v) is 16.1. The summed E-state index contributed by atoms with van der Waals surface area (Å²) in [6, 6.07) is 14.0. The van der Waals surface area contributed by atoms with Crippen molar-refractivity contribution in [3.05, 3.63) is 59.7 Å². The summed E-state index contributed by atoms with van der Waals surface area (Å²) in [5, 5.41) is 19.2. The Kier molecular flexibility index (Phi) is 7.45. The van der Waals surface area contributed by atoms with Crippen molar-refractivity contribution in [2.45, 2.75) is 52.2 Å². The normalized spacial score (nSPS) is 11.1. The van der Waals surface area contributed by atoms with Gasteiger partial charge in [0.15, 0.2) is 0 Å². The summed E-state index contributed by atoms with van der Waals surface area (Å²) in [4.78, 5) is 12.6. The van der Waals surface area contributed by atoms with E-state index < -0.39 is 18.7 Å². The van der Waals surface area contributed by atoms with E-state index in [9.17, 15) is 14.8 Å². The van der Waals surface area contributed by atoms with Gasteiger partial charge in [-0.05, 0) is 37.0 Å². The summed E-state index contributed by atoms with van der Waals surface area (Å²) in [6.45, 7) is 6.25. The standard InChI is InChI=1S/C21H27BO5/c1-4-21(5-2,6-3)27-20(23)17-12-13-18(22(24)25)19(14-17)26-15-16-10-8-7-9-11-16/h7-14,24-25H,4-6,15H2,1-3H3. The van der Waals surface area contributed by atoms with Crippen LogP contribution in [0, 0.1) is 0 Å². The molecule has 0 aliphatic carbocycles. The van der Waals surface area contributed by atoms with Crippen LogP contribution in [0.3, 0.4) is 0 Å². The fourth-order valence-corrected chi connectivity index (χ4v) is 2.96. The molecule has 2 aromatic carbocycles. The molecule has 0 bridgehead atoms. The first-order valence-electron chi connectivity index (χ1n) is 9.34. The van der Waals surface area contributed by atoms with Gasteiger partial charge in [-0.25, -0.2) is 4.79 Å². The average molecular weight is 370 g/mol. The van der Waals surface area contributed by atoms with Gasteiger partial charge in [-0.2, -0.15) is 0 Å². The second-order valence-electron chi connectivity index (χ2n) is 6.53. The van der Waals surface area contributed by atoms with Crippen LogP contribution in [-0.2, 0) is 11.3 Å². The number of carbonyl (C=O) groups is 1. The minimum absolute atomic E-state index is 0.204. The number of hydrogen-bond acceptors (Lipinski definition) is 5. The van der Waals surface area contributed by atoms with Crippen molar-refractivity contribution in [2.75, 3.05) is 0 Å². The van der Waals surface area contributed by atoms with Gasteiger partial charge in [0.25, 0.3) is 0 Å². The first kappa shape index (κ1) is 21.0. The smallest absolute Gasteiger partial charge is 0.489 e. The van der Waals surface area contributed by atoms with Gasteiger partial charge in [0.05, 0.1) is 5.56 Å². The Bertz CT molecular complexity index is 733. The van der Waals surface area contributed by atoms with E-state index in [2.05, 4.69) is 0 Å². The summed E-state index contributed by atoms with van der Waals surface area (Å²) < 4.78 is 11.5. The van der Waals surface area contributed by atoms with Crippen molar-refractivity contribution < 1.29 is 24.3 Å². The third kappa shape index (κ3) is 5.34. The fraction of sp³-hybridized carbons (Fsp3) is 0.381. The molecule has 0 radical (unpaired) electrons. The van der Waals surface area contributed by atoms with E-state index in [1.54, 1.807) is 0 Å². The SMILES string of the molecule is CCC(CC)(CC)OC(=O)c1ccc(B(O)O)c(OCc2ccccc2)c1. The van der Waals surface area contributed by atoms with Crippen LogP contribution in [-0.4, -0.2) is 28.7 Å². The predicted molar refractivity (Wildman–Crippen MR) is 106 cm³/mol. The number of hydrogen-bond donors (Lipinski definition) is 2. The molecule has 6 heteroatoms. The Morgan fingerprint density at radius 3 is 2.19 bits per heavy atom. The third-order valence-electron chi connectivity index (χ3n) is 5.01. The fourth-order valence-electron chi connectivity index (χ4n) is 2.96. The molecule has 144 valence electrons. The van der Waals surface area contributed by atoms with Crippen LogP contribution in [0.2, 0.25) is 0 Å². The number of rotatable bonds is 9. The Morgan fingerprint density at radius 2 is 1.63 bits per heavy atom. The van der Waals surface area contributed by atoms with E-state index >= 15 is 0 Å². The van der Waals surface area contributed by atoms with Crippen LogP contribution >= 0.6 is 0 Å². The van der Waals surface area contributed by atoms with E-state index in [0.29, 0.717) is 5.56 Å². The van der Waals surface area contributed by atoms with Crippen LogP contribution in [0.25, 0.3) is 0 Å². The van der Waals surface area contributed by atoms with E-state index in [4.69, 9.17) is 9.47 Å². The summed E-state index contributed by atoms with van der Waals surface area (Å²) >= 11 is 0. The summed E-state index contributed by atoms with van der Waals surface area (Å²) in [5.74, 6) is -0.192. The maximum atomic E-state index is 12.6. The molecule has 0 spiro atoms. The zero-order valence-electron chi connectivity index (χ0n) is 16.1. The lowest BCUT2D eigenvalue weighted by molar-refractivity contribution is -0.0249. The maximum Gasteiger partial charge on any atom is 0.492 e. The van der Waals surface area contributed by atoms with Gasteiger partial charge in [0, 0.05) is 5.46 Å². The van der Waals surface area contributed by atoms with Crippen molar-refractivity contribution in [2.24, 2.45) is 0 Å². The van der Waals surface area contributed by atoms with Crippen LogP contribution in [0.5, 0.6) is 5.75 Å². The second kappa shape index (κ2) is 9.58. The highest BCUT2D eigenvalue weighted by molar-refractivity contribution is 6.59. The zero-order chi connectivity index (χ0) is 19.9. The van der Waals surface area contributed by atoms with E-state index in [1.165, 1.54) is 18.2 Å². The number of esters is 1. The minimum atomic E-state index is -1.69. The lowest BCUT2D eigenvalue weighted by Crippen LogP contribution is -2.34. The lowest BCUT2D eigenvalue weighted by Gasteiger charge is -2.30. The van der Waals surface area contributed by atoms with Crippen LogP contribution < -0.4 is 10.2 Å². The van der Waals surface area contributed by atoms with Gasteiger partial charge in [0.2, 0.25) is 0 Å². The molecular weight excluding hydrogens is 343 g/mol. The van der Waals surface area contributed by atoms with Crippen LogP contribution in [0.4, 0.5) is 0 Å². The molecule has 2 N–H and O–H groups in total. The van der Waals surface area contributed by atoms with Gasteiger partial charge in [-0.3, -0.25) is 0 Å². The molecule has 0 fully saturated rings. The van der Waals surface area contributed by atoms with Crippen molar-refractivity contribution in [1.82, 2.24) is 0 Å². The number of carbonyl (C=O) groups excluding carboxylic acids is 1. The van der Waals surface area contributed by atoms with Crippen molar-refractivity contribution in [3.63, 3.8) is 0 Å². The topological polar surface area (TPSA) is 76.0 Å². The molecule has 27 heavy (non-hydrogen) atoms. The molecule has 0 aliphatic rings. The van der Waals surface area contributed by atoms with Gasteiger partial charge in [-0.15, -0.1) is 0 Å². The molecule has 0 amide bonds. The van der Waals surface area contributed by atoms with Gasteiger partial charge < -0.3 is 19.5 Å². The molecule has 0 aromatic heterocycles.